The summed E-state index contributed by atoms with van der Waals surface area (Å²) in [6, 6.07) is 2.09. The van der Waals surface area contributed by atoms with Gasteiger partial charge in [-0.1, -0.05) is 0 Å². The second-order valence-corrected chi connectivity index (χ2v) is 4.83. The van der Waals surface area contributed by atoms with E-state index in [1.165, 1.54) is 0 Å². The van der Waals surface area contributed by atoms with Crippen molar-refractivity contribution in [2.45, 2.75) is 40.2 Å². The SMILES string of the molecule is CCN(c1nnc(C)c(C)c1C#N)C(C)(C)C(=O)O. The van der Waals surface area contributed by atoms with Crippen molar-refractivity contribution in [2.24, 2.45) is 0 Å². The number of anilines is 1. The molecule has 6 heteroatoms. The molecule has 0 fully saturated rings. The summed E-state index contributed by atoms with van der Waals surface area (Å²) in [6.07, 6.45) is 0. The minimum atomic E-state index is -1.16. The molecule has 1 heterocycles. The lowest BCUT2D eigenvalue weighted by Gasteiger charge is -2.35. The largest absolute Gasteiger partial charge is 0.480 e. The first-order chi connectivity index (χ1) is 8.77. The molecule has 0 aliphatic rings. The molecular formula is C13H18N4O2. The van der Waals surface area contributed by atoms with E-state index in [2.05, 4.69) is 16.3 Å². The summed E-state index contributed by atoms with van der Waals surface area (Å²) in [7, 11) is 0. The molecule has 1 rings (SSSR count). The zero-order valence-corrected chi connectivity index (χ0v) is 11.9. The fourth-order valence-electron chi connectivity index (χ4n) is 1.84. The maximum Gasteiger partial charge on any atom is 0.329 e. The van der Waals surface area contributed by atoms with Gasteiger partial charge in [0.2, 0.25) is 0 Å². The molecule has 0 amide bonds. The van der Waals surface area contributed by atoms with E-state index in [1.54, 1.807) is 32.6 Å². The van der Waals surface area contributed by atoms with Crippen LogP contribution in [0.4, 0.5) is 5.82 Å². The fraction of sp³-hybridized carbons (Fsp3) is 0.538. The van der Waals surface area contributed by atoms with Gasteiger partial charge >= 0.3 is 5.97 Å². The smallest absolute Gasteiger partial charge is 0.329 e. The number of aryl methyl sites for hydroxylation is 1. The molecule has 0 aliphatic heterocycles. The third-order valence-electron chi connectivity index (χ3n) is 3.32. The minimum Gasteiger partial charge on any atom is -0.480 e. The van der Waals surface area contributed by atoms with Gasteiger partial charge in [0.1, 0.15) is 17.2 Å². The molecule has 0 aliphatic carbocycles. The predicted molar refractivity (Wildman–Crippen MR) is 71.0 cm³/mol. The van der Waals surface area contributed by atoms with E-state index in [0.717, 1.165) is 5.56 Å². The Balaban J connectivity index is 3.48. The van der Waals surface area contributed by atoms with Crippen molar-refractivity contribution < 1.29 is 9.90 Å². The number of carbonyl (C=O) groups is 1. The summed E-state index contributed by atoms with van der Waals surface area (Å²) in [6.45, 7) is 8.96. The number of hydrogen-bond acceptors (Lipinski definition) is 5. The average Bonchev–Trinajstić information content (AvgIpc) is 2.34. The lowest BCUT2D eigenvalue weighted by atomic mass is 10.0. The summed E-state index contributed by atoms with van der Waals surface area (Å²) in [4.78, 5) is 13.0. The van der Waals surface area contributed by atoms with E-state index in [1.807, 2.05) is 6.92 Å². The number of nitrogens with zero attached hydrogens (tertiary/aromatic N) is 4. The quantitative estimate of drug-likeness (QED) is 0.887. The van der Waals surface area contributed by atoms with Crippen LogP contribution < -0.4 is 4.90 Å². The number of hydrogen-bond donors (Lipinski definition) is 1. The second-order valence-electron chi connectivity index (χ2n) is 4.83. The van der Waals surface area contributed by atoms with Gasteiger partial charge in [-0.2, -0.15) is 10.4 Å². The Labute approximate surface area is 112 Å². The van der Waals surface area contributed by atoms with E-state index in [4.69, 9.17) is 0 Å². The highest BCUT2D eigenvalue weighted by atomic mass is 16.4. The molecule has 102 valence electrons. The summed E-state index contributed by atoms with van der Waals surface area (Å²) >= 11 is 0. The first-order valence-electron chi connectivity index (χ1n) is 6.02. The van der Waals surface area contributed by atoms with Gasteiger partial charge in [0.15, 0.2) is 5.82 Å². The zero-order chi connectivity index (χ0) is 14.8. The molecule has 0 spiro atoms. The zero-order valence-electron chi connectivity index (χ0n) is 11.9. The first-order valence-corrected chi connectivity index (χ1v) is 6.02. The van der Waals surface area contributed by atoms with E-state index < -0.39 is 11.5 Å². The van der Waals surface area contributed by atoms with E-state index in [9.17, 15) is 15.2 Å². The molecule has 1 aromatic rings. The highest BCUT2D eigenvalue weighted by Crippen LogP contribution is 2.27. The molecule has 0 bridgehead atoms. The topological polar surface area (TPSA) is 90.1 Å². The van der Waals surface area contributed by atoms with Gasteiger partial charge in [0.05, 0.1) is 5.69 Å². The Bertz CT molecular complexity index is 546. The van der Waals surface area contributed by atoms with Gasteiger partial charge in [-0.3, -0.25) is 0 Å². The molecule has 0 unspecified atom stereocenters. The van der Waals surface area contributed by atoms with E-state index in [0.29, 0.717) is 23.6 Å². The Morgan fingerprint density at radius 2 is 2.00 bits per heavy atom. The standard InChI is InChI=1S/C13H18N4O2/c1-6-17(13(4,5)12(18)19)11-10(7-14)8(2)9(3)15-16-11/h6H2,1-5H3,(H,18,19). The minimum absolute atomic E-state index is 0.320. The van der Waals surface area contributed by atoms with Crippen LogP contribution in [0.25, 0.3) is 0 Å². The molecular weight excluding hydrogens is 244 g/mol. The molecule has 0 radical (unpaired) electrons. The van der Waals surface area contributed by atoms with Gasteiger partial charge in [0.25, 0.3) is 0 Å². The number of carboxylic acids is 1. The molecule has 0 aromatic carbocycles. The van der Waals surface area contributed by atoms with Crippen LogP contribution in [0, 0.1) is 25.2 Å². The van der Waals surface area contributed by atoms with Crippen molar-refractivity contribution in [2.75, 3.05) is 11.4 Å². The molecule has 1 N–H and O–H groups in total. The molecule has 6 nitrogen and oxygen atoms in total. The van der Waals surface area contributed by atoms with Crippen LogP contribution in [0.3, 0.4) is 0 Å². The fourth-order valence-corrected chi connectivity index (χ4v) is 1.84. The third-order valence-corrected chi connectivity index (χ3v) is 3.32. The summed E-state index contributed by atoms with van der Waals surface area (Å²) in [5.41, 5.74) is 0.622. The number of likely N-dealkylation sites (N-methyl/N-ethyl adjacent to an activating group) is 1. The van der Waals surface area contributed by atoms with Crippen molar-refractivity contribution in [3.05, 3.63) is 16.8 Å². The molecule has 0 atom stereocenters. The van der Waals surface area contributed by atoms with Crippen molar-refractivity contribution in [1.29, 1.82) is 5.26 Å². The Morgan fingerprint density at radius 1 is 1.42 bits per heavy atom. The van der Waals surface area contributed by atoms with Crippen LogP contribution in [0.2, 0.25) is 0 Å². The van der Waals surface area contributed by atoms with Crippen LogP contribution >= 0.6 is 0 Å². The predicted octanol–water partition coefficient (Wildman–Crippen LogP) is 1.65. The molecule has 0 saturated carbocycles. The Kier molecular flexibility index (Phi) is 4.10. The summed E-state index contributed by atoms with van der Waals surface area (Å²) < 4.78 is 0. The lowest BCUT2D eigenvalue weighted by molar-refractivity contribution is -0.142. The monoisotopic (exact) mass is 262 g/mol. The summed E-state index contributed by atoms with van der Waals surface area (Å²) in [5.74, 6) is -0.654. The highest BCUT2D eigenvalue weighted by molar-refractivity contribution is 5.83. The number of aliphatic carboxylic acids is 1. The third kappa shape index (κ3) is 2.50. The van der Waals surface area contributed by atoms with Crippen LogP contribution in [-0.4, -0.2) is 33.4 Å². The van der Waals surface area contributed by atoms with E-state index >= 15 is 0 Å². The average molecular weight is 262 g/mol. The maximum absolute atomic E-state index is 11.4. The number of nitriles is 1. The van der Waals surface area contributed by atoms with E-state index in [-0.39, 0.29) is 0 Å². The lowest BCUT2D eigenvalue weighted by Crippen LogP contribution is -2.51. The van der Waals surface area contributed by atoms with Crippen LogP contribution in [-0.2, 0) is 4.79 Å². The van der Waals surface area contributed by atoms with Crippen LogP contribution in [0.15, 0.2) is 0 Å². The Hall–Kier alpha value is -2.16. The maximum atomic E-state index is 11.4. The van der Waals surface area contributed by atoms with Crippen molar-refractivity contribution >= 4 is 11.8 Å². The molecule has 0 saturated heterocycles. The summed E-state index contributed by atoms with van der Waals surface area (Å²) in [5, 5.41) is 26.6. The van der Waals surface area contributed by atoms with Gasteiger partial charge in [-0.25, -0.2) is 4.79 Å². The Morgan fingerprint density at radius 3 is 2.42 bits per heavy atom. The van der Waals surface area contributed by atoms with Crippen molar-refractivity contribution in [1.82, 2.24) is 10.2 Å². The number of carboxylic acid groups (broad SMARTS) is 1. The van der Waals surface area contributed by atoms with Crippen LogP contribution in [0.1, 0.15) is 37.6 Å². The van der Waals surface area contributed by atoms with Gasteiger partial charge in [-0.15, -0.1) is 5.10 Å². The van der Waals surface area contributed by atoms with Crippen molar-refractivity contribution in [3.8, 4) is 6.07 Å². The van der Waals surface area contributed by atoms with Gasteiger partial charge in [-0.05, 0) is 40.2 Å². The van der Waals surface area contributed by atoms with Crippen LogP contribution in [0.5, 0.6) is 0 Å². The van der Waals surface area contributed by atoms with Crippen molar-refractivity contribution in [3.63, 3.8) is 0 Å². The number of rotatable bonds is 4. The van der Waals surface area contributed by atoms with Gasteiger partial charge in [0, 0.05) is 6.54 Å². The molecule has 1 aromatic heterocycles. The van der Waals surface area contributed by atoms with Gasteiger partial charge < -0.3 is 10.0 Å². The first kappa shape index (κ1) is 14.9. The molecule has 19 heavy (non-hydrogen) atoms. The normalized spacial score (nSPS) is 10.9. The highest BCUT2D eigenvalue weighted by Gasteiger charge is 2.36. The number of aromatic nitrogens is 2. The second kappa shape index (κ2) is 5.22.